The first-order chi connectivity index (χ1) is 17.2. The largest absolute Gasteiger partial charge is 0.311 e. The second kappa shape index (κ2) is 10.0. The van der Waals surface area contributed by atoms with E-state index in [2.05, 4.69) is 77.7 Å². The van der Waals surface area contributed by atoms with Crippen LogP contribution in [0.4, 0.5) is 17.1 Å². The van der Waals surface area contributed by atoms with Gasteiger partial charge in [-0.15, -0.1) is 0 Å². The van der Waals surface area contributed by atoms with Crippen LogP contribution in [-0.2, 0) is 0 Å². The number of carbonyl (C=O) groups excluding carboxylic acids is 2. The lowest BCUT2D eigenvalue weighted by molar-refractivity contribution is 0.0979. The quantitative estimate of drug-likeness (QED) is 0.277. The zero-order valence-electron chi connectivity index (χ0n) is 19.0. The lowest BCUT2D eigenvalue weighted by Gasteiger charge is -2.25. The van der Waals surface area contributed by atoms with Gasteiger partial charge in [0.15, 0.2) is 11.6 Å². The van der Waals surface area contributed by atoms with Crippen molar-refractivity contribution in [3.8, 4) is 0 Å². The van der Waals surface area contributed by atoms with Gasteiger partial charge in [-0.05, 0) is 36.4 Å². The molecule has 0 heterocycles. The molecule has 0 saturated carbocycles. The number of carbonyl (C=O) groups is 2. The van der Waals surface area contributed by atoms with Crippen LogP contribution in [-0.4, -0.2) is 11.6 Å². The van der Waals surface area contributed by atoms with E-state index < -0.39 is 0 Å². The molecule has 3 nitrogen and oxygen atoms in total. The maximum absolute atomic E-state index is 12.1. The van der Waals surface area contributed by atoms with E-state index in [9.17, 15) is 9.59 Å². The highest BCUT2D eigenvalue weighted by Crippen LogP contribution is 2.33. The summed E-state index contributed by atoms with van der Waals surface area (Å²) in [6.07, 6.45) is 0. The monoisotopic (exact) mass is 453 g/mol. The summed E-state index contributed by atoms with van der Waals surface area (Å²) in [5.74, 6) is -0.128. The van der Waals surface area contributed by atoms with Crippen LogP contribution >= 0.6 is 0 Å². The van der Waals surface area contributed by atoms with Crippen molar-refractivity contribution in [1.82, 2.24) is 0 Å². The van der Waals surface area contributed by atoms with E-state index in [0.29, 0.717) is 22.3 Å². The molecule has 0 aromatic heterocycles. The van der Waals surface area contributed by atoms with Gasteiger partial charge in [-0.3, -0.25) is 9.59 Å². The molecule has 6 rings (SSSR count). The van der Waals surface area contributed by atoms with Crippen molar-refractivity contribution in [3.63, 3.8) is 0 Å². The molecule has 1 aliphatic rings. The SMILES string of the molecule is O=C1c2ccccc2C(=O)c2ccccc21.c1ccc(N(c2ccccc2)c2ccccc2)cc1. The minimum absolute atomic E-state index is 0.0641. The molecule has 0 saturated heterocycles. The van der Waals surface area contributed by atoms with Crippen molar-refractivity contribution < 1.29 is 9.59 Å². The van der Waals surface area contributed by atoms with Crippen LogP contribution in [0.1, 0.15) is 31.8 Å². The fraction of sp³-hybridized carbons (Fsp3) is 0. The van der Waals surface area contributed by atoms with Crippen molar-refractivity contribution in [2.75, 3.05) is 4.90 Å². The Kier molecular flexibility index (Phi) is 6.31. The zero-order chi connectivity index (χ0) is 24.0. The van der Waals surface area contributed by atoms with E-state index in [0.717, 1.165) is 0 Å². The Balaban J connectivity index is 0.000000147. The molecule has 0 spiro atoms. The van der Waals surface area contributed by atoms with E-state index in [4.69, 9.17) is 0 Å². The standard InChI is InChI=1S/C18H15N.C14H8O2/c1-4-10-16(11-5-1)19(17-12-6-2-7-13-17)18-14-8-3-9-15-18;15-13-9-5-1-2-6-10(9)14(16)12-8-4-3-7-11(12)13/h1-15H;1-8H. The Morgan fingerprint density at radius 2 is 0.543 bits per heavy atom. The van der Waals surface area contributed by atoms with Crippen molar-refractivity contribution in [2.24, 2.45) is 0 Å². The van der Waals surface area contributed by atoms with Gasteiger partial charge in [0.05, 0.1) is 0 Å². The van der Waals surface area contributed by atoms with Gasteiger partial charge in [-0.2, -0.15) is 0 Å². The van der Waals surface area contributed by atoms with Crippen molar-refractivity contribution >= 4 is 28.6 Å². The topological polar surface area (TPSA) is 37.4 Å². The van der Waals surface area contributed by atoms with Crippen LogP contribution in [0.3, 0.4) is 0 Å². The van der Waals surface area contributed by atoms with Crippen LogP contribution in [0.25, 0.3) is 0 Å². The molecule has 3 heteroatoms. The first-order valence-electron chi connectivity index (χ1n) is 11.5. The molecule has 0 radical (unpaired) electrons. The van der Waals surface area contributed by atoms with Crippen molar-refractivity contribution in [1.29, 1.82) is 0 Å². The molecule has 0 fully saturated rings. The van der Waals surface area contributed by atoms with Gasteiger partial charge in [0.2, 0.25) is 0 Å². The smallest absolute Gasteiger partial charge is 0.194 e. The van der Waals surface area contributed by atoms with E-state index in [-0.39, 0.29) is 11.6 Å². The van der Waals surface area contributed by atoms with E-state index in [1.165, 1.54) is 17.1 Å². The number of rotatable bonds is 3. The summed E-state index contributed by atoms with van der Waals surface area (Å²) in [6.45, 7) is 0. The lowest BCUT2D eigenvalue weighted by Crippen LogP contribution is -2.20. The molecule has 168 valence electrons. The second-order valence-corrected chi connectivity index (χ2v) is 8.09. The third kappa shape index (κ3) is 4.53. The number of para-hydroxylation sites is 3. The van der Waals surface area contributed by atoms with Crippen LogP contribution in [0.5, 0.6) is 0 Å². The molecular weight excluding hydrogens is 430 g/mol. The normalized spacial score (nSPS) is 11.5. The predicted octanol–water partition coefficient (Wildman–Crippen LogP) is 7.62. The number of hydrogen-bond acceptors (Lipinski definition) is 3. The molecule has 0 unspecified atom stereocenters. The van der Waals surface area contributed by atoms with Gasteiger partial charge in [0.25, 0.3) is 0 Å². The van der Waals surface area contributed by atoms with Gasteiger partial charge < -0.3 is 4.90 Å². The van der Waals surface area contributed by atoms with Gasteiger partial charge in [-0.25, -0.2) is 0 Å². The van der Waals surface area contributed by atoms with Gasteiger partial charge in [0.1, 0.15) is 0 Å². The predicted molar refractivity (Wildman–Crippen MR) is 141 cm³/mol. The van der Waals surface area contributed by atoms with Crippen LogP contribution in [0, 0.1) is 0 Å². The average molecular weight is 454 g/mol. The van der Waals surface area contributed by atoms with Crippen molar-refractivity contribution in [3.05, 3.63) is 162 Å². The molecular formula is C32H23NO2. The maximum atomic E-state index is 12.1. The minimum atomic E-state index is -0.0641. The van der Waals surface area contributed by atoms with Gasteiger partial charge in [-0.1, -0.05) is 103 Å². The fourth-order valence-electron chi connectivity index (χ4n) is 4.23. The Bertz CT molecular complexity index is 1260. The van der Waals surface area contributed by atoms with Crippen LogP contribution < -0.4 is 4.90 Å². The molecule has 0 bridgehead atoms. The van der Waals surface area contributed by atoms with Gasteiger partial charge >= 0.3 is 0 Å². The molecule has 0 amide bonds. The van der Waals surface area contributed by atoms with E-state index >= 15 is 0 Å². The summed E-state index contributed by atoms with van der Waals surface area (Å²) >= 11 is 0. The Labute approximate surface area is 204 Å². The summed E-state index contributed by atoms with van der Waals surface area (Å²) in [6, 6.07) is 45.2. The van der Waals surface area contributed by atoms with Gasteiger partial charge in [0, 0.05) is 39.3 Å². The first-order valence-corrected chi connectivity index (χ1v) is 11.5. The van der Waals surface area contributed by atoms with Crippen LogP contribution in [0.15, 0.2) is 140 Å². The maximum Gasteiger partial charge on any atom is 0.194 e. The average Bonchev–Trinajstić information content (AvgIpc) is 2.94. The third-order valence-electron chi connectivity index (χ3n) is 5.88. The third-order valence-corrected chi connectivity index (χ3v) is 5.88. The molecule has 0 N–H and O–H groups in total. The fourth-order valence-corrected chi connectivity index (χ4v) is 4.23. The molecule has 1 aliphatic carbocycles. The highest BCUT2D eigenvalue weighted by molar-refractivity contribution is 6.28. The zero-order valence-corrected chi connectivity index (χ0v) is 19.0. The number of nitrogens with zero attached hydrogens (tertiary/aromatic N) is 1. The van der Waals surface area contributed by atoms with E-state index in [1.807, 2.05) is 18.2 Å². The summed E-state index contributed by atoms with van der Waals surface area (Å²) < 4.78 is 0. The van der Waals surface area contributed by atoms with E-state index in [1.54, 1.807) is 48.5 Å². The lowest BCUT2D eigenvalue weighted by atomic mass is 9.84. The number of fused-ring (bicyclic) bond motifs is 2. The Morgan fingerprint density at radius 3 is 0.800 bits per heavy atom. The second-order valence-electron chi connectivity index (χ2n) is 8.09. The summed E-state index contributed by atoms with van der Waals surface area (Å²) in [5, 5.41) is 0. The number of benzene rings is 5. The Hall–Kier alpha value is -4.76. The number of hydrogen-bond donors (Lipinski definition) is 0. The molecule has 35 heavy (non-hydrogen) atoms. The van der Waals surface area contributed by atoms with Crippen LogP contribution in [0.2, 0.25) is 0 Å². The number of ketones is 2. The summed E-state index contributed by atoms with van der Waals surface area (Å²) in [7, 11) is 0. The summed E-state index contributed by atoms with van der Waals surface area (Å²) in [4.78, 5) is 26.5. The molecule has 0 atom stereocenters. The first kappa shape index (κ1) is 22.1. The molecule has 5 aromatic carbocycles. The molecule has 5 aromatic rings. The summed E-state index contributed by atoms with van der Waals surface area (Å²) in [5.41, 5.74) is 5.52. The number of anilines is 3. The highest BCUT2D eigenvalue weighted by atomic mass is 16.1. The minimum Gasteiger partial charge on any atom is -0.311 e. The van der Waals surface area contributed by atoms with Crippen molar-refractivity contribution in [2.45, 2.75) is 0 Å². The molecule has 0 aliphatic heterocycles. The Morgan fingerprint density at radius 1 is 0.314 bits per heavy atom. The highest BCUT2D eigenvalue weighted by Gasteiger charge is 2.28.